The number of rotatable bonds is 4. The molecule has 0 radical (unpaired) electrons. The summed E-state index contributed by atoms with van der Waals surface area (Å²) in [7, 11) is 1.81. The monoisotopic (exact) mass is 309 g/mol. The van der Waals surface area contributed by atoms with Crippen LogP contribution in [-0.2, 0) is 4.79 Å². The van der Waals surface area contributed by atoms with E-state index in [0.717, 1.165) is 30.6 Å². The van der Waals surface area contributed by atoms with Crippen molar-refractivity contribution in [1.82, 2.24) is 19.9 Å². The van der Waals surface area contributed by atoms with Crippen molar-refractivity contribution in [1.29, 1.82) is 0 Å². The lowest BCUT2D eigenvalue weighted by Crippen LogP contribution is -2.29. The number of anilines is 1. The Morgan fingerprint density at radius 1 is 1.30 bits per heavy atom. The van der Waals surface area contributed by atoms with Crippen LogP contribution in [0.2, 0.25) is 0 Å². The van der Waals surface area contributed by atoms with Crippen LogP contribution in [-0.4, -0.2) is 39.4 Å². The second-order valence-electron chi connectivity index (χ2n) is 5.38. The van der Waals surface area contributed by atoms with Crippen LogP contribution in [0.3, 0.4) is 0 Å². The van der Waals surface area contributed by atoms with E-state index in [4.69, 9.17) is 0 Å². The van der Waals surface area contributed by atoms with Gasteiger partial charge in [-0.2, -0.15) is 0 Å². The van der Waals surface area contributed by atoms with Crippen molar-refractivity contribution in [3.05, 3.63) is 54.3 Å². The van der Waals surface area contributed by atoms with E-state index in [-0.39, 0.29) is 11.9 Å². The average molecular weight is 309 g/mol. The number of amides is 1. The first-order chi connectivity index (χ1) is 11.3. The number of nitrogens with one attached hydrogen (secondary N) is 1. The minimum atomic E-state index is -0.00890. The molecular formula is C17H19N5O. The first-order valence-corrected chi connectivity index (χ1v) is 7.66. The first kappa shape index (κ1) is 15.1. The van der Waals surface area contributed by atoms with Gasteiger partial charge in [-0.3, -0.25) is 14.8 Å². The summed E-state index contributed by atoms with van der Waals surface area (Å²) in [6.07, 6.45) is 12.2. The van der Waals surface area contributed by atoms with Gasteiger partial charge in [-0.25, -0.2) is 4.98 Å². The van der Waals surface area contributed by atoms with Crippen molar-refractivity contribution in [2.24, 2.45) is 0 Å². The minimum absolute atomic E-state index is 0.000901. The van der Waals surface area contributed by atoms with Crippen molar-refractivity contribution >= 4 is 17.8 Å². The normalized spacial score (nSPS) is 17.6. The summed E-state index contributed by atoms with van der Waals surface area (Å²) in [5.41, 5.74) is 1.79. The summed E-state index contributed by atoms with van der Waals surface area (Å²) in [4.78, 5) is 27.1. The van der Waals surface area contributed by atoms with Gasteiger partial charge < -0.3 is 10.2 Å². The highest BCUT2D eigenvalue weighted by Gasteiger charge is 2.30. The summed E-state index contributed by atoms with van der Waals surface area (Å²) < 4.78 is 0. The molecule has 0 saturated carbocycles. The fourth-order valence-corrected chi connectivity index (χ4v) is 2.74. The molecule has 6 heteroatoms. The lowest BCUT2D eigenvalue weighted by molar-refractivity contribution is -0.126. The van der Waals surface area contributed by atoms with E-state index in [1.165, 1.54) is 0 Å². The predicted molar refractivity (Wildman–Crippen MR) is 88.5 cm³/mol. The molecule has 3 rings (SSSR count). The van der Waals surface area contributed by atoms with Crippen LogP contribution < -0.4 is 5.32 Å². The number of carbonyl (C=O) groups excluding carboxylic acids is 1. The van der Waals surface area contributed by atoms with Crippen molar-refractivity contribution in [3.63, 3.8) is 0 Å². The summed E-state index contributed by atoms with van der Waals surface area (Å²) in [6.45, 7) is 0.746. The quantitative estimate of drug-likeness (QED) is 0.877. The van der Waals surface area contributed by atoms with E-state index in [9.17, 15) is 4.79 Å². The number of aromatic nitrogens is 3. The van der Waals surface area contributed by atoms with Crippen molar-refractivity contribution < 1.29 is 4.79 Å². The van der Waals surface area contributed by atoms with Crippen LogP contribution in [0.25, 0.3) is 6.08 Å². The molecule has 0 aliphatic carbocycles. The Balaban J connectivity index is 1.75. The molecule has 0 bridgehead atoms. The Morgan fingerprint density at radius 3 is 2.91 bits per heavy atom. The lowest BCUT2D eigenvalue weighted by atomic mass is 10.1. The van der Waals surface area contributed by atoms with Crippen LogP contribution >= 0.6 is 0 Å². The third kappa shape index (κ3) is 3.53. The number of likely N-dealkylation sites (tertiary alicyclic amines) is 1. The molecule has 1 aliphatic rings. The number of hydrogen-bond donors (Lipinski definition) is 1. The molecule has 1 N–H and O–H groups in total. The smallest absolute Gasteiger partial charge is 0.247 e. The fraction of sp³-hybridized carbons (Fsp3) is 0.294. The predicted octanol–water partition coefficient (Wildman–Crippen LogP) is 2.29. The van der Waals surface area contributed by atoms with Gasteiger partial charge in [0.05, 0.1) is 24.1 Å². The molecule has 0 aromatic carbocycles. The molecule has 1 saturated heterocycles. The molecule has 1 atom stereocenters. The summed E-state index contributed by atoms with van der Waals surface area (Å²) >= 11 is 0. The number of nitrogens with zero attached hydrogens (tertiary/aromatic N) is 4. The molecule has 1 aliphatic heterocycles. The Labute approximate surface area is 135 Å². The van der Waals surface area contributed by atoms with Gasteiger partial charge in [-0.1, -0.05) is 0 Å². The van der Waals surface area contributed by atoms with E-state index in [0.29, 0.717) is 5.82 Å². The standard InChI is InChI=1S/C17H19N5O/c1-18-16-12-20-11-14(21-16)15-3-2-10-22(15)17(23)5-4-13-6-8-19-9-7-13/h4-9,11-12,15H,2-3,10H2,1H3,(H,18,21)/b5-4+/t15-/m1/s1. The maximum Gasteiger partial charge on any atom is 0.247 e. The van der Waals surface area contributed by atoms with Gasteiger partial charge in [0.1, 0.15) is 5.82 Å². The summed E-state index contributed by atoms with van der Waals surface area (Å²) in [5, 5.41) is 2.98. The molecule has 2 aromatic heterocycles. The van der Waals surface area contributed by atoms with Crippen LogP contribution in [0.4, 0.5) is 5.82 Å². The Morgan fingerprint density at radius 2 is 2.13 bits per heavy atom. The lowest BCUT2D eigenvalue weighted by Gasteiger charge is -2.23. The zero-order chi connectivity index (χ0) is 16.1. The maximum atomic E-state index is 12.5. The van der Waals surface area contributed by atoms with Gasteiger partial charge in [0.25, 0.3) is 0 Å². The topological polar surface area (TPSA) is 71.0 Å². The van der Waals surface area contributed by atoms with Crippen LogP contribution in [0.15, 0.2) is 43.0 Å². The van der Waals surface area contributed by atoms with Crippen LogP contribution in [0.1, 0.15) is 30.1 Å². The third-order valence-corrected chi connectivity index (χ3v) is 3.91. The fourth-order valence-electron chi connectivity index (χ4n) is 2.74. The Bertz CT molecular complexity index is 701. The van der Waals surface area contributed by atoms with Crippen molar-refractivity contribution in [3.8, 4) is 0 Å². The van der Waals surface area contributed by atoms with Crippen LogP contribution in [0.5, 0.6) is 0 Å². The molecule has 1 fully saturated rings. The summed E-state index contributed by atoms with van der Waals surface area (Å²) in [6, 6.07) is 3.73. The SMILES string of the molecule is CNc1cncc([C@H]2CCCN2C(=O)/C=C/c2ccncc2)n1. The van der Waals surface area contributed by atoms with E-state index < -0.39 is 0 Å². The van der Waals surface area contributed by atoms with Gasteiger partial charge in [0.2, 0.25) is 5.91 Å². The largest absolute Gasteiger partial charge is 0.372 e. The summed E-state index contributed by atoms with van der Waals surface area (Å²) in [5.74, 6) is 0.718. The van der Waals surface area contributed by atoms with E-state index >= 15 is 0 Å². The Hall–Kier alpha value is -2.76. The molecule has 2 aromatic rings. The number of hydrogen-bond acceptors (Lipinski definition) is 5. The molecule has 6 nitrogen and oxygen atoms in total. The van der Waals surface area contributed by atoms with Crippen molar-refractivity contribution in [2.75, 3.05) is 18.9 Å². The van der Waals surface area contributed by atoms with Gasteiger partial charge in [0.15, 0.2) is 0 Å². The number of pyridine rings is 1. The molecule has 0 spiro atoms. The van der Waals surface area contributed by atoms with E-state index in [2.05, 4.69) is 20.3 Å². The first-order valence-electron chi connectivity index (χ1n) is 7.66. The third-order valence-electron chi connectivity index (χ3n) is 3.91. The highest BCUT2D eigenvalue weighted by Crippen LogP contribution is 2.31. The van der Waals surface area contributed by atoms with E-state index in [1.54, 1.807) is 30.9 Å². The second-order valence-corrected chi connectivity index (χ2v) is 5.38. The highest BCUT2D eigenvalue weighted by molar-refractivity contribution is 5.92. The molecule has 1 amide bonds. The zero-order valence-corrected chi connectivity index (χ0v) is 13.0. The zero-order valence-electron chi connectivity index (χ0n) is 13.0. The Kier molecular flexibility index (Phi) is 4.61. The highest BCUT2D eigenvalue weighted by atomic mass is 16.2. The maximum absolute atomic E-state index is 12.5. The molecule has 118 valence electrons. The second kappa shape index (κ2) is 7.00. The van der Waals surface area contributed by atoms with Gasteiger partial charge >= 0.3 is 0 Å². The van der Waals surface area contributed by atoms with E-state index in [1.807, 2.05) is 30.2 Å². The molecule has 0 unspecified atom stereocenters. The van der Waals surface area contributed by atoms with Gasteiger partial charge in [-0.05, 0) is 36.6 Å². The molecule has 3 heterocycles. The number of carbonyl (C=O) groups is 1. The van der Waals surface area contributed by atoms with Gasteiger partial charge in [0, 0.05) is 32.1 Å². The average Bonchev–Trinajstić information content (AvgIpc) is 3.10. The van der Waals surface area contributed by atoms with Crippen molar-refractivity contribution in [2.45, 2.75) is 18.9 Å². The molecule has 23 heavy (non-hydrogen) atoms. The van der Waals surface area contributed by atoms with Gasteiger partial charge in [-0.15, -0.1) is 0 Å². The minimum Gasteiger partial charge on any atom is -0.372 e. The molecular weight excluding hydrogens is 290 g/mol. The van der Waals surface area contributed by atoms with Crippen LogP contribution in [0, 0.1) is 0 Å².